The Hall–Kier alpha value is -1.92. The molecular formula is C18H17BrN2O3. The van der Waals surface area contributed by atoms with Gasteiger partial charge in [0.2, 0.25) is 0 Å². The van der Waals surface area contributed by atoms with Crippen LogP contribution in [0.15, 0.2) is 56.7 Å². The molecule has 0 unspecified atom stereocenters. The molecule has 1 amide bonds. The van der Waals surface area contributed by atoms with E-state index in [1.54, 1.807) is 11.3 Å². The van der Waals surface area contributed by atoms with Gasteiger partial charge in [-0.2, -0.15) is 5.10 Å². The standard InChI is InChI=1S/C18H17BrN2O3/c19-13-6-2-1-5-12(13)15-11-14(16-7-3-9-23-16)20-21(15)18(22)17-8-4-10-24-17/h1-3,5-7,9,15,17H,4,8,10-11H2/t15-,17-/m0/s1. The van der Waals surface area contributed by atoms with Gasteiger partial charge in [-0.05, 0) is 36.6 Å². The van der Waals surface area contributed by atoms with E-state index in [1.165, 1.54) is 0 Å². The zero-order valence-corrected chi connectivity index (χ0v) is 14.6. The first-order valence-electron chi connectivity index (χ1n) is 8.04. The van der Waals surface area contributed by atoms with E-state index in [9.17, 15) is 4.79 Å². The Morgan fingerprint density at radius 2 is 2.12 bits per heavy atom. The molecule has 0 N–H and O–H groups in total. The molecule has 3 heterocycles. The van der Waals surface area contributed by atoms with Crippen molar-refractivity contribution >= 4 is 27.5 Å². The first-order valence-corrected chi connectivity index (χ1v) is 8.84. The fraction of sp³-hybridized carbons (Fsp3) is 0.333. The van der Waals surface area contributed by atoms with E-state index < -0.39 is 6.10 Å². The summed E-state index contributed by atoms with van der Waals surface area (Å²) in [7, 11) is 0. The first-order chi connectivity index (χ1) is 11.7. The van der Waals surface area contributed by atoms with E-state index in [1.807, 2.05) is 36.4 Å². The lowest BCUT2D eigenvalue weighted by Crippen LogP contribution is -2.35. The topological polar surface area (TPSA) is 55.0 Å². The van der Waals surface area contributed by atoms with Gasteiger partial charge in [-0.15, -0.1) is 0 Å². The average Bonchev–Trinajstić information content (AvgIpc) is 3.34. The Balaban J connectivity index is 1.69. The smallest absolute Gasteiger partial charge is 0.272 e. The lowest BCUT2D eigenvalue weighted by Gasteiger charge is -2.25. The lowest BCUT2D eigenvalue weighted by atomic mass is 10.0. The summed E-state index contributed by atoms with van der Waals surface area (Å²) in [5.41, 5.74) is 1.82. The van der Waals surface area contributed by atoms with Crippen molar-refractivity contribution in [3.05, 3.63) is 58.5 Å². The molecule has 0 bridgehead atoms. The van der Waals surface area contributed by atoms with E-state index in [2.05, 4.69) is 21.0 Å². The quantitative estimate of drug-likeness (QED) is 0.800. The van der Waals surface area contributed by atoms with Crippen molar-refractivity contribution in [2.45, 2.75) is 31.4 Å². The van der Waals surface area contributed by atoms with E-state index >= 15 is 0 Å². The minimum atomic E-state index is -0.394. The molecule has 1 fully saturated rings. The van der Waals surface area contributed by atoms with Gasteiger partial charge in [-0.25, -0.2) is 5.01 Å². The van der Waals surface area contributed by atoms with Gasteiger partial charge in [0.05, 0.1) is 12.3 Å². The molecule has 5 nitrogen and oxygen atoms in total. The third kappa shape index (κ3) is 2.80. The van der Waals surface area contributed by atoms with Crippen LogP contribution in [0.2, 0.25) is 0 Å². The molecule has 4 rings (SSSR count). The maximum Gasteiger partial charge on any atom is 0.272 e. The summed E-state index contributed by atoms with van der Waals surface area (Å²) in [4.78, 5) is 12.9. The van der Waals surface area contributed by atoms with E-state index in [4.69, 9.17) is 9.15 Å². The highest BCUT2D eigenvalue weighted by Crippen LogP contribution is 2.37. The van der Waals surface area contributed by atoms with Crippen LogP contribution in [-0.2, 0) is 9.53 Å². The van der Waals surface area contributed by atoms with Gasteiger partial charge in [0.1, 0.15) is 17.6 Å². The molecule has 1 saturated heterocycles. The summed E-state index contributed by atoms with van der Waals surface area (Å²) in [6, 6.07) is 11.5. The van der Waals surface area contributed by atoms with Crippen LogP contribution >= 0.6 is 15.9 Å². The van der Waals surface area contributed by atoms with Crippen LogP contribution < -0.4 is 0 Å². The van der Waals surface area contributed by atoms with Crippen LogP contribution in [0, 0.1) is 0 Å². The molecule has 0 spiro atoms. The second kappa shape index (κ2) is 6.53. The number of halogens is 1. The number of furan rings is 1. The molecule has 0 saturated carbocycles. The summed E-state index contributed by atoms with van der Waals surface area (Å²) in [5.74, 6) is 0.629. The fourth-order valence-electron chi connectivity index (χ4n) is 3.21. The van der Waals surface area contributed by atoms with Crippen LogP contribution in [0.1, 0.15) is 36.6 Å². The summed E-state index contributed by atoms with van der Waals surface area (Å²) in [6.07, 6.45) is 3.52. The van der Waals surface area contributed by atoms with Crippen LogP contribution in [0.5, 0.6) is 0 Å². The number of hydrogen-bond donors (Lipinski definition) is 0. The Kier molecular flexibility index (Phi) is 4.24. The van der Waals surface area contributed by atoms with Gasteiger partial charge < -0.3 is 9.15 Å². The number of hydrogen-bond acceptors (Lipinski definition) is 4. The number of hydrazone groups is 1. The first kappa shape index (κ1) is 15.6. The lowest BCUT2D eigenvalue weighted by molar-refractivity contribution is -0.142. The van der Waals surface area contributed by atoms with Crippen molar-refractivity contribution in [2.75, 3.05) is 6.61 Å². The molecule has 2 aliphatic heterocycles. The molecule has 2 aromatic rings. The minimum absolute atomic E-state index is 0.0743. The van der Waals surface area contributed by atoms with Gasteiger partial charge >= 0.3 is 0 Å². The van der Waals surface area contributed by atoms with Crippen molar-refractivity contribution < 1.29 is 13.9 Å². The van der Waals surface area contributed by atoms with E-state index in [0.29, 0.717) is 18.8 Å². The van der Waals surface area contributed by atoms with Crippen molar-refractivity contribution in [3.63, 3.8) is 0 Å². The number of nitrogens with zero attached hydrogens (tertiary/aromatic N) is 2. The number of carbonyl (C=O) groups is 1. The van der Waals surface area contributed by atoms with Crippen LogP contribution in [0.4, 0.5) is 0 Å². The zero-order chi connectivity index (χ0) is 16.5. The van der Waals surface area contributed by atoms with Gasteiger partial charge in [0, 0.05) is 17.5 Å². The highest BCUT2D eigenvalue weighted by atomic mass is 79.9. The second-order valence-electron chi connectivity index (χ2n) is 5.95. The molecule has 0 aliphatic carbocycles. The van der Waals surface area contributed by atoms with E-state index in [0.717, 1.165) is 28.6 Å². The summed E-state index contributed by atoms with van der Waals surface area (Å²) in [6.45, 7) is 0.638. The number of rotatable bonds is 3. The van der Waals surface area contributed by atoms with Gasteiger partial charge in [-0.1, -0.05) is 34.1 Å². The Morgan fingerprint density at radius 1 is 1.25 bits per heavy atom. The Morgan fingerprint density at radius 3 is 2.83 bits per heavy atom. The molecule has 1 aromatic carbocycles. The van der Waals surface area contributed by atoms with Crippen molar-refractivity contribution in [1.82, 2.24) is 5.01 Å². The number of benzene rings is 1. The molecule has 1 aromatic heterocycles. The minimum Gasteiger partial charge on any atom is -0.463 e. The molecular weight excluding hydrogens is 372 g/mol. The largest absolute Gasteiger partial charge is 0.463 e. The van der Waals surface area contributed by atoms with Crippen molar-refractivity contribution in [3.8, 4) is 0 Å². The predicted octanol–water partition coefficient (Wildman–Crippen LogP) is 3.90. The van der Waals surface area contributed by atoms with Crippen LogP contribution in [0.25, 0.3) is 0 Å². The predicted molar refractivity (Wildman–Crippen MR) is 92.6 cm³/mol. The van der Waals surface area contributed by atoms with Crippen molar-refractivity contribution in [2.24, 2.45) is 5.10 Å². The molecule has 0 radical (unpaired) electrons. The number of ether oxygens (including phenoxy) is 1. The highest BCUT2D eigenvalue weighted by Gasteiger charge is 2.39. The molecule has 24 heavy (non-hydrogen) atoms. The van der Waals surface area contributed by atoms with Crippen LogP contribution in [0.3, 0.4) is 0 Å². The molecule has 2 atom stereocenters. The van der Waals surface area contributed by atoms with Gasteiger partial charge in [0.15, 0.2) is 0 Å². The zero-order valence-electron chi connectivity index (χ0n) is 13.0. The fourth-order valence-corrected chi connectivity index (χ4v) is 3.76. The Labute approximate surface area is 148 Å². The van der Waals surface area contributed by atoms with Gasteiger partial charge in [0.25, 0.3) is 5.91 Å². The molecule has 124 valence electrons. The highest BCUT2D eigenvalue weighted by molar-refractivity contribution is 9.10. The van der Waals surface area contributed by atoms with E-state index in [-0.39, 0.29) is 11.9 Å². The number of amides is 1. The third-order valence-corrected chi connectivity index (χ3v) is 5.13. The monoisotopic (exact) mass is 388 g/mol. The normalized spacial score (nSPS) is 23.5. The Bertz CT molecular complexity index is 766. The second-order valence-corrected chi connectivity index (χ2v) is 6.80. The molecule has 6 heteroatoms. The third-order valence-electron chi connectivity index (χ3n) is 4.41. The maximum atomic E-state index is 12.9. The maximum absolute atomic E-state index is 12.9. The number of carbonyl (C=O) groups excluding carboxylic acids is 1. The van der Waals surface area contributed by atoms with Crippen molar-refractivity contribution in [1.29, 1.82) is 0 Å². The van der Waals surface area contributed by atoms with Gasteiger partial charge in [-0.3, -0.25) is 4.79 Å². The average molecular weight is 389 g/mol. The van der Waals surface area contributed by atoms with Crippen LogP contribution in [-0.4, -0.2) is 29.3 Å². The summed E-state index contributed by atoms with van der Waals surface area (Å²) < 4.78 is 12.0. The summed E-state index contributed by atoms with van der Waals surface area (Å²) in [5, 5.41) is 6.16. The SMILES string of the molecule is O=C([C@@H]1CCCO1)N1N=C(c2ccco2)C[C@H]1c1ccccc1Br. The summed E-state index contributed by atoms with van der Waals surface area (Å²) >= 11 is 3.59. The molecule has 2 aliphatic rings.